The number of benzene rings is 2. The van der Waals surface area contributed by atoms with Crippen LogP contribution in [-0.4, -0.2) is 33.3 Å². The minimum absolute atomic E-state index is 0.0319. The summed E-state index contributed by atoms with van der Waals surface area (Å²) < 4.78 is 5.22. The molecule has 2 rings (SSSR count). The predicted molar refractivity (Wildman–Crippen MR) is 126 cm³/mol. The molecule has 2 aromatic rings. The fraction of sp³-hybridized carbons (Fsp3) is 0.269. The van der Waals surface area contributed by atoms with Gasteiger partial charge in [0.2, 0.25) is 0 Å². The van der Waals surface area contributed by atoms with Crippen molar-refractivity contribution in [2.75, 3.05) is 7.11 Å². The van der Waals surface area contributed by atoms with Crippen LogP contribution in [0.5, 0.6) is 28.7 Å². The molecule has 2 aromatic carbocycles. The lowest BCUT2D eigenvalue weighted by molar-refractivity contribution is 0.104. The second-order valence-corrected chi connectivity index (χ2v) is 8.01. The molecule has 0 bridgehead atoms. The normalized spacial score (nSPS) is 11.9. The van der Waals surface area contributed by atoms with E-state index in [-0.39, 0.29) is 45.8 Å². The molecule has 0 spiro atoms. The van der Waals surface area contributed by atoms with Crippen molar-refractivity contribution in [3.8, 4) is 28.7 Å². The second-order valence-electron chi connectivity index (χ2n) is 8.01. The predicted octanol–water partition coefficient (Wildman–Crippen LogP) is 5.50. The number of rotatable bonds is 9. The number of allylic oxidation sites excluding steroid dienone is 4. The van der Waals surface area contributed by atoms with Gasteiger partial charge in [0.25, 0.3) is 0 Å². The summed E-state index contributed by atoms with van der Waals surface area (Å²) in [4.78, 5) is 12.9. The molecule has 0 heterocycles. The van der Waals surface area contributed by atoms with Gasteiger partial charge < -0.3 is 25.2 Å². The molecule has 6 nitrogen and oxygen atoms in total. The molecular weight excluding hydrogens is 408 g/mol. The Hall–Kier alpha value is -3.67. The van der Waals surface area contributed by atoms with Crippen LogP contribution in [0.3, 0.4) is 0 Å². The number of ketones is 1. The third-order valence-electron chi connectivity index (χ3n) is 5.20. The van der Waals surface area contributed by atoms with Crippen LogP contribution >= 0.6 is 0 Å². The summed E-state index contributed by atoms with van der Waals surface area (Å²) in [7, 11) is 1.34. The van der Waals surface area contributed by atoms with Crippen LogP contribution < -0.4 is 4.74 Å². The highest BCUT2D eigenvalue weighted by Crippen LogP contribution is 2.41. The quantitative estimate of drug-likeness (QED) is 0.234. The van der Waals surface area contributed by atoms with Gasteiger partial charge in [-0.15, -0.1) is 0 Å². The third-order valence-corrected chi connectivity index (χ3v) is 5.20. The van der Waals surface area contributed by atoms with Crippen molar-refractivity contribution < 1.29 is 30.0 Å². The molecule has 0 aromatic heterocycles. The summed E-state index contributed by atoms with van der Waals surface area (Å²) in [6, 6.07) is 5.30. The topological polar surface area (TPSA) is 107 Å². The van der Waals surface area contributed by atoms with E-state index in [1.165, 1.54) is 37.5 Å². The van der Waals surface area contributed by atoms with Crippen molar-refractivity contribution in [3.05, 3.63) is 70.8 Å². The van der Waals surface area contributed by atoms with Gasteiger partial charge in [-0.25, -0.2) is 0 Å². The Balaban J connectivity index is 2.46. The van der Waals surface area contributed by atoms with Crippen LogP contribution in [0.4, 0.5) is 0 Å². The van der Waals surface area contributed by atoms with Crippen molar-refractivity contribution in [1.82, 2.24) is 0 Å². The monoisotopic (exact) mass is 438 g/mol. The highest BCUT2D eigenvalue weighted by Gasteiger charge is 2.24. The van der Waals surface area contributed by atoms with Gasteiger partial charge in [0.15, 0.2) is 5.78 Å². The van der Waals surface area contributed by atoms with E-state index in [2.05, 4.69) is 12.7 Å². The smallest absolute Gasteiger partial charge is 0.193 e. The Morgan fingerprint density at radius 3 is 2.34 bits per heavy atom. The number of phenols is 4. The Kier molecular flexibility index (Phi) is 8.13. The SMILES string of the molecule is C=C(C)[C@@H](CC=C(C)C)Cc1c(O)cc(OC)c(C(=O)C=Cc2ccc(O)cc2O)c1O. The van der Waals surface area contributed by atoms with E-state index >= 15 is 0 Å². The zero-order valence-electron chi connectivity index (χ0n) is 18.8. The van der Waals surface area contributed by atoms with E-state index in [1.54, 1.807) is 0 Å². The molecule has 0 saturated heterocycles. The zero-order valence-corrected chi connectivity index (χ0v) is 18.8. The molecule has 1 atom stereocenters. The number of methoxy groups -OCH3 is 1. The van der Waals surface area contributed by atoms with Crippen molar-refractivity contribution in [1.29, 1.82) is 0 Å². The molecule has 0 radical (unpaired) electrons. The first-order chi connectivity index (χ1) is 15.0. The first-order valence-electron chi connectivity index (χ1n) is 10.2. The highest BCUT2D eigenvalue weighted by molar-refractivity contribution is 6.11. The lowest BCUT2D eigenvalue weighted by Gasteiger charge is -2.19. The van der Waals surface area contributed by atoms with Crippen molar-refractivity contribution in [2.45, 2.75) is 33.6 Å². The molecule has 0 fully saturated rings. The van der Waals surface area contributed by atoms with E-state index in [4.69, 9.17) is 4.74 Å². The Morgan fingerprint density at radius 1 is 1.09 bits per heavy atom. The average molecular weight is 439 g/mol. The van der Waals surface area contributed by atoms with E-state index in [0.717, 1.165) is 17.2 Å². The minimum Gasteiger partial charge on any atom is -0.508 e. The Labute approximate surface area is 188 Å². The van der Waals surface area contributed by atoms with Gasteiger partial charge in [-0.2, -0.15) is 0 Å². The standard InChI is InChI=1S/C26H30O6/c1-15(2)6-7-18(16(3)4)12-20-23(30)14-24(32-5)25(26(20)31)21(28)11-9-17-8-10-19(27)13-22(17)29/h6,8-11,13-14,18,27,29-31H,3,7,12H2,1-2,4-5H3/t18-/m0/s1. The fourth-order valence-corrected chi connectivity index (χ4v) is 3.28. The summed E-state index contributed by atoms with van der Waals surface area (Å²) in [5.41, 5.74) is 2.52. The molecule has 170 valence electrons. The molecule has 0 unspecified atom stereocenters. The number of phenolic OH excluding ortho intramolecular Hbond substituents is 4. The number of hydrogen-bond acceptors (Lipinski definition) is 6. The maximum Gasteiger partial charge on any atom is 0.193 e. The van der Waals surface area contributed by atoms with Gasteiger partial charge in [-0.3, -0.25) is 4.79 Å². The van der Waals surface area contributed by atoms with Gasteiger partial charge in [0.1, 0.15) is 34.3 Å². The second kappa shape index (κ2) is 10.6. The van der Waals surface area contributed by atoms with E-state index in [1.807, 2.05) is 20.8 Å². The lowest BCUT2D eigenvalue weighted by Crippen LogP contribution is -2.08. The van der Waals surface area contributed by atoms with Gasteiger partial charge in [0.05, 0.1) is 7.11 Å². The number of aromatic hydroxyl groups is 4. The summed E-state index contributed by atoms with van der Waals surface area (Å²) in [6.07, 6.45) is 5.60. The Bertz CT molecular complexity index is 1070. The lowest BCUT2D eigenvalue weighted by atomic mass is 9.88. The average Bonchev–Trinajstić information content (AvgIpc) is 2.71. The molecule has 0 aliphatic rings. The van der Waals surface area contributed by atoms with Crippen LogP contribution in [0.15, 0.2) is 54.1 Å². The number of carbonyl (C=O) groups excluding carboxylic acids is 1. The number of carbonyl (C=O) groups is 1. The Morgan fingerprint density at radius 2 is 1.78 bits per heavy atom. The van der Waals surface area contributed by atoms with Crippen LogP contribution in [0, 0.1) is 5.92 Å². The molecule has 4 N–H and O–H groups in total. The van der Waals surface area contributed by atoms with Crippen molar-refractivity contribution >= 4 is 11.9 Å². The summed E-state index contributed by atoms with van der Waals surface area (Å²) in [5.74, 6) is -1.39. The van der Waals surface area contributed by atoms with E-state index < -0.39 is 5.78 Å². The number of ether oxygens (including phenoxy) is 1. The van der Waals surface area contributed by atoms with Crippen LogP contribution in [0.25, 0.3) is 6.08 Å². The first-order valence-corrected chi connectivity index (χ1v) is 10.2. The summed E-state index contributed by atoms with van der Waals surface area (Å²) in [6.45, 7) is 9.90. The zero-order chi connectivity index (χ0) is 24.0. The van der Waals surface area contributed by atoms with Crippen LogP contribution in [0.1, 0.15) is 48.7 Å². The van der Waals surface area contributed by atoms with Crippen LogP contribution in [0.2, 0.25) is 0 Å². The molecule has 0 amide bonds. The molecule has 0 aliphatic carbocycles. The molecule has 0 saturated carbocycles. The summed E-state index contributed by atoms with van der Waals surface area (Å²) in [5, 5.41) is 40.8. The van der Waals surface area contributed by atoms with Gasteiger partial charge in [-0.05, 0) is 63.8 Å². The number of hydrogen-bond donors (Lipinski definition) is 4. The maximum atomic E-state index is 12.9. The maximum absolute atomic E-state index is 12.9. The van der Waals surface area contributed by atoms with Gasteiger partial charge >= 0.3 is 0 Å². The first kappa shape index (κ1) is 24.6. The summed E-state index contributed by atoms with van der Waals surface area (Å²) >= 11 is 0. The van der Waals surface area contributed by atoms with E-state index in [0.29, 0.717) is 18.4 Å². The van der Waals surface area contributed by atoms with Crippen molar-refractivity contribution in [2.24, 2.45) is 5.92 Å². The fourth-order valence-electron chi connectivity index (χ4n) is 3.28. The largest absolute Gasteiger partial charge is 0.508 e. The highest BCUT2D eigenvalue weighted by atomic mass is 16.5. The van der Waals surface area contributed by atoms with Gasteiger partial charge in [0, 0.05) is 23.3 Å². The van der Waals surface area contributed by atoms with Gasteiger partial charge in [-0.1, -0.05) is 23.8 Å². The van der Waals surface area contributed by atoms with E-state index in [9.17, 15) is 25.2 Å². The van der Waals surface area contributed by atoms with Crippen molar-refractivity contribution in [3.63, 3.8) is 0 Å². The molecule has 6 heteroatoms. The third kappa shape index (κ3) is 5.94. The molecule has 32 heavy (non-hydrogen) atoms. The van der Waals surface area contributed by atoms with Crippen LogP contribution in [-0.2, 0) is 6.42 Å². The molecular formula is C26H30O6. The molecule has 0 aliphatic heterocycles. The minimum atomic E-state index is -0.566.